The van der Waals surface area contributed by atoms with Gasteiger partial charge in [-0.3, -0.25) is 14.8 Å². The van der Waals surface area contributed by atoms with Gasteiger partial charge in [-0.15, -0.1) is 12.4 Å². The van der Waals surface area contributed by atoms with E-state index in [2.05, 4.69) is 25.4 Å². The first kappa shape index (κ1) is 20.2. The van der Waals surface area contributed by atoms with E-state index in [1.165, 1.54) is 0 Å². The van der Waals surface area contributed by atoms with Crippen molar-refractivity contribution >= 4 is 35.6 Å². The van der Waals surface area contributed by atoms with Gasteiger partial charge < -0.3 is 14.6 Å². The number of hydrogen-bond acceptors (Lipinski definition) is 5. The molecule has 0 aliphatic carbocycles. The Labute approximate surface area is 179 Å². The van der Waals surface area contributed by atoms with Gasteiger partial charge >= 0.3 is 0 Å². The van der Waals surface area contributed by atoms with Crippen molar-refractivity contribution in [1.29, 1.82) is 0 Å². The van der Waals surface area contributed by atoms with Crippen LogP contribution in [0.25, 0.3) is 5.65 Å². The highest BCUT2D eigenvalue weighted by molar-refractivity contribution is 6.30. The Hall–Kier alpha value is -2.13. The highest BCUT2D eigenvalue weighted by Gasteiger charge is 2.28. The molecule has 5 rings (SSSR count). The number of pyridine rings is 1. The average Bonchev–Trinajstić information content (AvgIpc) is 3.31. The van der Waals surface area contributed by atoms with E-state index in [9.17, 15) is 4.79 Å². The van der Waals surface area contributed by atoms with Gasteiger partial charge in [0.05, 0.1) is 10.7 Å². The van der Waals surface area contributed by atoms with E-state index in [-0.39, 0.29) is 18.3 Å². The van der Waals surface area contributed by atoms with Crippen molar-refractivity contribution in [1.82, 2.24) is 34.7 Å². The second-order valence-electron chi connectivity index (χ2n) is 7.37. The van der Waals surface area contributed by atoms with Crippen molar-refractivity contribution in [3.8, 4) is 0 Å². The largest absolute Gasteiger partial charge is 0.335 e. The first-order valence-corrected chi connectivity index (χ1v) is 9.97. The number of H-pyrrole nitrogens is 1. The molecule has 1 fully saturated rings. The molecule has 154 valence electrons. The van der Waals surface area contributed by atoms with Gasteiger partial charge in [-0.1, -0.05) is 11.6 Å². The number of nitrogens with one attached hydrogen (secondary N) is 2. The van der Waals surface area contributed by atoms with Crippen molar-refractivity contribution in [2.24, 2.45) is 0 Å². The van der Waals surface area contributed by atoms with E-state index in [0.717, 1.165) is 55.2 Å². The number of imidazole rings is 1. The van der Waals surface area contributed by atoms with Crippen molar-refractivity contribution in [3.05, 3.63) is 52.2 Å². The fourth-order valence-corrected chi connectivity index (χ4v) is 4.15. The van der Waals surface area contributed by atoms with E-state index >= 15 is 0 Å². The molecule has 0 radical (unpaired) electrons. The molecule has 2 aliphatic heterocycles. The number of fused-ring (bicyclic) bond motifs is 2. The van der Waals surface area contributed by atoms with Gasteiger partial charge in [-0.25, -0.2) is 4.98 Å². The molecule has 1 amide bonds. The topological polar surface area (TPSA) is 81.6 Å². The molecule has 2 N–H and O–H groups in total. The maximum absolute atomic E-state index is 12.9. The average molecular weight is 436 g/mol. The summed E-state index contributed by atoms with van der Waals surface area (Å²) < 4.78 is 1.95. The molecule has 3 aromatic rings. The van der Waals surface area contributed by atoms with Gasteiger partial charge in [0.15, 0.2) is 5.69 Å². The van der Waals surface area contributed by atoms with Crippen LogP contribution in [0.2, 0.25) is 5.02 Å². The monoisotopic (exact) mass is 435 g/mol. The normalized spacial score (nSPS) is 17.2. The Bertz CT molecular complexity index is 1020. The Morgan fingerprint density at radius 1 is 1.17 bits per heavy atom. The number of aromatic nitrogens is 4. The van der Waals surface area contributed by atoms with Crippen molar-refractivity contribution in [3.63, 3.8) is 0 Å². The third-order valence-corrected chi connectivity index (χ3v) is 5.74. The van der Waals surface area contributed by atoms with E-state index in [4.69, 9.17) is 11.6 Å². The molecule has 0 aromatic carbocycles. The highest BCUT2D eigenvalue weighted by atomic mass is 35.5. The molecule has 2 aliphatic rings. The lowest BCUT2D eigenvalue weighted by molar-refractivity contribution is 0.0620. The van der Waals surface area contributed by atoms with Crippen LogP contribution in [0.1, 0.15) is 27.4 Å². The number of piperazine rings is 1. The van der Waals surface area contributed by atoms with Crippen molar-refractivity contribution < 1.29 is 4.79 Å². The van der Waals surface area contributed by atoms with Crippen LogP contribution in [0.5, 0.6) is 0 Å². The van der Waals surface area contributed by atoms with Gasteiger partial charge in [0, 0.05) is 75.9 Å². The maximum atomic E-state index is 12.9. The maximum Gasteiger partial charge on any atom is 0.274 e. The number of nitrogens with zero attached hydrogens (tertiary/aromatic N) is 5. The first-order chi connectivity index (χ1) is 13.7. The highest BCUT2D eigenvalue weighted by Crippen LogP contribution is 2.19. The summed E-state index contributed by atoms with van der Waals surface area (Å²) in [5, 5.41) is 11.3. The van der Waals surface area contributed by atoms with E-state index in [1.54, 1.807) is 0 Å². The summed E-state index contributed by atoms with van der Waals surface area (Å²) in [6.07, 6.45) is 4.78. The predicted molar refractivity (Wildman–Crippen MR) is 113 cm³/mol. The molecule has 29 heavy (non-hydrogen) atoms. The van der Waals surface area contributed by atoms with E-state index in [0.29, 0.717) is 30.4 Å². The third kappa shape index (κ3) is 3.98. The smallest absolute Gasteiger partial charge is 0.274 e. The van der Waals surface area contributed by atoms with Crippen molar-refractivity contribution in [2.75, 3.05) is 32.7 Å². The second-order valence-corrected chi connectivity index (χ2v) is 7.81. The summed E-state index contributed by atoms with van der Waals surface area (Å²) in [6, 6.07) is 3.77. The van der Waals surface area contributed by atoms with Crippen LogP contribution in [0, 0.1) is 0 Å². The molecule has 0 atom stereocenters. The van der Waals surface area contributed by atoms with Crippen LogP contribution < -0.4 is 5.32 Å². The number of amides is 1. The van der Waals surface area contributed by atoms with Gasteiger partial charge in [0.1, 0.15) is 5.65 Å². The second kappa shape index (κ2) is 8.31. The van der Waals surface area contributed by atoms with Crippen LogP contribution in [-0.4, -0.2) is 68.0 Å². The lowest BCUT2D eigenvalue weighted by Gasteiger charge is -2.34. The zero-order chi connectivity index (χ0) is 19.1. The molecule has 10 heteroatoms. The van der Waals surface area contributed by atoms with E-state index in [1.807, 2.05) is 33.8 Å². The first-order valence-electron chi connectivity index (χ1n) is 9.59. The third-order valence-electron chi connectivity index (χ3n) is 5.52. The molecule has 8 nitrogen and oxygen atoms in total. The number of carbonyl (C=O) groups is 1. The van der Waals surface area contributed by atoms with E-state index < -0.39 is 0 Å². The number of halogens is 2. The van der Waals surface area contributed by atoms with Gasteiger partial charge in [0.2, 0.25) is 0 Å². The molecule has 5 heterocycles. The summed E-state index contributed by atoms with van der Waals surface area (Å²) in [5.74, 6) is 0.0308. The van der Waals surface area contributed by atoms with Crippen LogP contribution >= 0.6 is 24.0 Å². The number of rotatable bonds is 3. The quantitative estimate of drug-likeness (QED) is 0.654. The summed E-state index contributed by atoms with van der Waals surface area (Å²) in [6.45, 7) is 5.46. The number of hydrogen-bond donors (Lipinski definition) is 2. The van der Waals surface area contributed by atoms with Crippen LogP contribution in [0.4, 0.5) is 0 Å². The fourth-order valence-electron chi connectivity index (χ4n) is 3.98. The summed E-state index contributed by atoms with van der Waals surface area (Å²) >= 11 is 6.04. The minimum absolute atomic E-state index is 0. The Morgan fingerprint density at radius 2 is 2.00 bits per heavy atom. The SMILES string of the molecule is Cl.O=C(c1n[nH]c2c1CNCC2)N1CCN(Cc2cn3cc(Cl)ccc3n2)CC1. The summed E-state index contributed by atoms with van der Waals surface area (Å²) in [7, 11) is 0. The van der Waals surface area contributed by atoms with Gasteiger partial charge in [-0.05, 0) is 12.1 Å². The summed E-state index contributed by atoms with van der Waals surface area (Å²) in [5.41, 5.74) is 4.60. The van der Waals surface area contributed by atoms with Crippen LogP contribution in [0.3, 0.4) is 0 Å². The van der Waals surface area contributed by atoms with Crippen LogP contribution in [0.15, 0.2) is 24.5 Å². The number of aromatic amines is 1. The summed E-state index contributed by atoms with van der Waals surface area (Å²) in [4.78, 5) is 21.8. The molecule has 1 saturated heterocycles. The molecule has 0 spiro atoms. The zero-order valence-electron chi connectivity index (χ0n) is 15.9. The lowest BCUT2D eigenvalue weighted by atomic mass is 10.1. The molecule has 0 unspecified atom stereocenters. The van der Waals surface area contributed by atoms with Gasteiger partial charge in [-0.2, -0.15) is 5.10 Å². The number of carbonyl (C=O) groups excluding carboxylic acids is 1. The Morgan fingerprint density at radius 3 is 2.83 bits per heavy atom. The molecule has 3 aromatic heterocycles. The molecule has 0 bridgehead atoms. The molecule has 0 saturated carbocycles. The Balaban J connectivity index is 0.00000205. The minimum Gasteiger partial charge on any atom is -0.335 e. The zero-order valence-corrected chi connectivity index (χ0v) is 17.5. The fraction of sp³-hybridized carbons (Fsp3) is 0.421. The molecular weight excluding hydrogens is 413 g/mol. The van der Waals surface area contributed by atoms with Gasteiger partial charge in [0.25, 0.3) is 5.91 Å². The minimum atomic E-state index is 0. The van der Waals surface area contributed by atoms with Crippen LogP contribution in [-0.2, 0) is 19.5 Å². The predicted octanol–water partition coefficient (Wildman–Crippen LogP) is 1.74. The van der Waals surface area contributed by atoms with Crippen molar-refractivity contribution in [2.45, 2.75) is 19.5 Å². The standard InChI is InChI=1S/C19H22ClN7O.ClH/c20-13-1-2-17-22-14(12-27(17)10-13)11-25-5-7-26(8-6-25)19(28)18-15-9-21-4-3-16(15)23-24-18;/h1-2,10,12,21H,3-9,11H2,(H,23,24);1H. The Kier molecular flexibility index (Phi) is 5.78. The molecular formula is C19H23Cl2N7O. The lowest BCUT2D eigenvalue weighted by Crippen LogP contribution is -2.48.